The highest BCUT2D eigenvalue weighted by Crippen LogP contribution is 2.19. The van der Waals surface area contributed by atoms with Crippen LogP contribution in [-0.2, 0) is 19.1 Å². The minimum Gasteiger partial charge on any atom is -0.460 e. The van der Waals surface area contributed by atoms with Crippen molar-refractivity contribution in [3.8, 4) is 0 Å². The summed E-state index contributed by atoms with van der Waals surface area (Å²) in [7, 11) is 0. The lowest BCUT2D eigenvalue weighted by Crippen LogP contribution is -2.13. The summed E-state index contributed by atoms with van der Waals surface area (Å²) >= 11 is 6.51. The van der Waals surface area contributed by atoms with Gasteiger partial charge < -0.3 is 9.47 Å². The summed E-state index contributed by atoms with van der Waals surface area (Å²) in [5.74, 6) is -0.707. The van der Waals surface area contributed by atoms with Gasteiger partial charge in [-0.15, -0.1) is 0 Å². The first-order valence-electron chi connectivity index (χ1n) is 5.23. The van der Waals surface area contributed by atoms with Crippen LogP contribution >= 0.6 is 31.9 Å². The number of carbonyl (C=O) groups excluding carboxylic acids is 2. The van der Waals surface area contributed by atoms with Gasteiger partial charge in [-0.1, -0.05) is 52.6 Å². The lowest BCUT2D eigenvalue weighted by atomic mass is 10.2. The number of halogens is 2. The molecule has 98 valence electrons. The molecule has 0 unspecified atom stereocenters. The fraction of sp³-hybridized carbons (Fsp3) is 0.636. The highest BCUT2D eigenvalue weighted by atomic mass is 79.9. The summed E-state index contributed by atoms with van der Waals surface area (Å²) in [4.78, 5) is 22.1. The number of carbonyl (C=O) groups is 2. The smallest absolute Gasteiger partial charge is 0.308 e. The second kappa shape index (κ2) is 8.69. The maximum atomic E-state index is 11.2. The van der Waals surface area contributed by atoms with Gasteiger partial charge in [-0.3, -0.25) is 9.59 Å². The molecule has 0 saturated heterocycles. The Morgan fingerprint density at radius 2 is 1.53 bits per heavy atom. The van der Waals surface area contributed by atoms with Gasteiger partial charge in [-0.2, -0.15) is 0 Å². The van der Waals surface area contributed by atoms with E-state index in [1.807, 2.05) is 0 Å². The zero-order valence-electron chi connectivity index (χ0n) is 10.1. The van der Waals surface area contributed by atoms with E-state index < -0.39 is 0 Å². The first-order valence-corrected chi connectivity index (χ1v) is 6.82. The van der Waals surface area contributed by atoms with Gasteiger partial charge in [-0.25, -0.2) is 0 Å². The van der Waals surface area contributed by atoms with E-state index in [-0.39, 0.29) is 31.1 Å². The number of esters is 2. The van der Waals surface area contributed by atoms with E-state index in [4.69, 9.17) is 9.47 Å². The Bertz CT molecular complexity index is 311. The van der Waals surface area contributed by atoms with Crippen LogP contribution in [0.25, 0.3) is 0 Å². The van der Waals surface area contributed by atoms with Crippen molar-refractivity contribution in [1.29, 1.82) is 0 Å². The monoisotopic (exact) mass is 370 g/mol. The van der Waals surface area contributed by atoms with Crippen molar-refractivity contribution >= 4 is 43.8 Å². The molecule has 0 aromatic heterocycles. The average molecular weight is 372 g/mol. The van der Waals surface area contributed by atoms with Crippen LogP contribution in [0.1, 0.15) is 27.2 Å². The van der Waals surface area contributed by atoms with Crippen LogP contribution in [0.2, 0.25) is 0 Å². The quantitative estimate of drug-likeness (QED) is 0.673. The number of hydrogen-bond donors (Lipinski definition) is 0. The molecule has 0 radical (unpaired) electrons. The standard InChI is InChI=1S/C11H16Br2O4/c1-4-10(14)16-5-8(12)9(13)6-17-11(15)7(2)3/h7H,4-6H2,1-3H3/b9-8+. The molecule has 0 aromatic carbocycles. The average Bonchev–Trinajstić information content (AvgIpc) is 2.31. The first-order chi connectivity index (χ1) is 7.88. The van der Waals surface area contributed by atoms with Crippen LogP contribution in [0.5, 0.6) is 0 Å². The van der Waals surface area contributed by atoms with Crippen molar-refractivity contribution in [2.24, 2.45) is 5.92 Å². The maximum Gasteiger partial charge on any atom is 0.308 e. The van der Waals surface area contributed by atoms with Crippen molar-refractivity contribution in [2.45, 2.75) is 27.2 Å². The Balaban J connectivity index is 4.12. The zero-order valence-corrected chi connectivity index (χ0v) is 13.3. The molecule has 0 aromatic rings. The zero-order chi connectivity index (χ0) is 13.4. The lowest BCUT2D eigenvalue weighted by Gasteiger charge is -2.08. The van der Waals surface area contributed by atoms with E-state index in [2.05, 4.69) is 31.9 Å². The van der Waals surface area contributed by atoms with E-state index >= 15 is 0 Å². The molecule has 0 saturated carbocycles. The van der Waals surface area contributed by atoms with Gasteiger partial charge in [0.1, 0.15) is 13.2 Å². The fourth-order valence-electron chi connectivity index (χ4n) is 0.704. The number of ether oxygens (including phenoxy) is 2. The highest BCUT2D eigenvalue weighted by Gasteiger charge is 2.10. The van der Waals surface area contributed by atoms with Gasteiger partial charge in [0.2, 0.25) is 0 Å². The first kappa shape index (κ1) is 16.6. The molecule has 0 N–H and O–H groups in total. The molecule has 0 aliphatic heterocycles. The third-order valence-corrected chi connectivity index (χ3v) is 3.70. The summed E-state index contributed by atoms with van der Waals surface area (Å²) in [5, 5.41) is 0. The maximum absolute atomic E-state index is 11.2. The van der Waals surface area contributed by atoms with E-state index in [1.165, 1.54) is 0 Å². The SMILES string of the molecule is CCC(=O)OC/C(Br)=C(\Br)COC(=O)C(C)C. The molecule has 0 heterocycles. The summed E-state index contributed by atoms with van der Waals surface area (Å²) in [5.41, 5.74) is 0. The largest absolute Gasteiger partial charge is 0.460 e. The van der Waals surface area contributed by atoms with E-state index in [9.17, 15) is 9.59 Å². The second-order valence-corrected chi connectivity index (χ2v) is 5.50. The van der Waals surface area contributed by atoms with E-state index in [1.54, 1.807) is 20.8 Å². The summed E-state index contributed by atoms with van der Waals surface area (Å²) in [6.07, 6.45) is 0.334. The summed E-state index contributed by atoms with van der Waals surface area (Å²) < 4.78 is 11.2. The molecule has 0 atom stereocenters. The van der Waals surface area contributed by atoms with Gasteiger partial charge in [0.15, 0.2) is 0 Å². The molecule has 0 aliphatic rings. The van der Waals surface area contributed by atoms with Crippen LogP contribution in [0.3, 0.4) is 0 Å². The minimum absolute atomic E-state index is 0.126. The topological polar surface area (TPSA) is 52.6 Å². The summed E-state index contributed by atoms with van der Waals surface area (Å²) in [6.45, 7) is 5.50. The van der Waals surface area contributed by atoms with Gasteiger partial charge in [-0.05, 0) is 0 Å². The van der Waals surface area contributed by atoms with Crippen LogP contribution in [0.4, 0.5) is 0 Å². The fourth-order valence-corrected chi connectivity index (χ4v) is 1.16. The van der Waals surface area contributed by atoms with Gasteiger partial charge in [0.05, 0.1) is 5.92 Å². The molecule has 0 rings (SSSR count). The molecular formula is C11H16Br2O4. The van der Waals surface area contributed by atoms with Gasteiger partial charge in [0.25, 0.3) is 0 Å². The molecule has 0 fully saturated rings. The minimum atomic E-state index is -0.276. The van der Waals surface area contributed by atoms with Crippen molar-refractivity contribution in [2.75, 3.05) is 13.2 Å². The van der Waals surface area contributed by atoms with Gasteiger partial charge >= 0.3 is 11.9 Å². The molecule has 4 nitrogen and oxygen atoms in total. The van der Waals surface area contributed by atoms with Gasteiger partial charge in [0, 0.05) is 15.4 Å². The molecule has 17 heavy (non-hydrogen) atoms. The third kappa shape index (κ3) is 7.54. The van der Waals surface area contributed by atoms with Crippen molar-refractivity contribution in [3.63, 3.8) is 0 Å². The molecule has 0 bridgehead atoms. The Labute approximate surface area is 118 Å². The van der Waals surface area contributed by atoms with Crippen molar-refractivity contribution in [3.05, 3.63) is 8.96 Å². The van der Waals surface area contributed by atoms with Crippen LogP contribution < -0.4 is 0 Å². The predicted molar refractivity (Wildman–Crippen MR) is 71.9 cm³/mol. The van der Waals surface area contributed by atoms with Crippen molar-refractivity contribution < 1.29 is 19.1 Å². The number of hydrogen-bond acceptors (Lipinski definition) is 4. The normalized spacial score (nSPS) is 12.1. The van der Waals surface area contributed by atoms with E-state index in [0.29, 0.717) is 15.4 Å². The van der Waals surface area contributed by atoms with E-state index in [0.717, 1.165) is 0 Å². The Kier molecular flexibility index (Phi) is 8.51. The molecule has 6 heteroatoms. The number of rotatable bonds is 6. The lowest BCUT2D eigenvalue weighted by molar-refractivity contribution is -0.146. The molecule has 0 aliphatic carbocycles. The van der Waals surface area contributed by atoms with Crippen LogP contribution in [0.15, 0.2) is 8.96 Å². The predicted octanol–water partition coefficient (Wildman–Crippen LogP) is 3.14. The summed E-state index contributed by atoms with van der Waals surface area (Å²) in [6, 6.07) is 0. The Hall–Kier alpha value is -0.360. The Morgan fingerprint density at radius 3 is 1.94 bits per heavy atom. The van der Waals surface area contributed by atoms with Crippen molar-refractivity contribution in [1.82, 2.24) is 0 Å². The highest BCUT2D eigenvalue weighted by molar-refractivity contribution is 9.14. The third-order valence-electron chi connectivity index (χ3n) is 1.76. The molecular weight excluding hydrogens is 356 g/mol. The van der Waals surface area contributed by atoms with Crippen LogP contribution in [0, 0.1) is 5.92 Å². The molecule has 0 spiro atoms. The Morgan fingerprint density at radius 1 is 1.06 bits per heavy atom. The molecule has 0 amide bonds. The van der Waals surface area contributed by atoms with Crippen LogP contribution in [-0.4, -0.2) is 25.2 Å². The second-order valence-electron chi connectivity index (χ2n) is 3.59.